The molecule has 0 aromatic rings. The van der Waals surface area contributed by atoms with Crippen LogP contribution in [-0.4, -0.2) is 44.0 Å². The molecule has 0 unspecified atom stereocenters. The first kappa shape index (κ1) is 15.8. The van der Waals surface area contributed by atoms with E-state index in [0.29, 0.717) is 24.9 Å². The van der Waals surface area contributed by atoms with Crippen LogP contribution < -0.4 is 5.32 Å². The maximum atomic E-state index is 12.5. The minimum atomic E-state index is -3.32. The fourth-order valence-electron chi connectivity index (χ4n) is 3.78. The summed E-state index contributed by atoms with van der Waals surface area (Å²) in [4.78, 5) is 11.6. The van der Waals surface area contributed by atoms with Crippen molar-refractivity contribution >= 4 is 15.9 Å². The Morgan fingerprint density at radius 3 is 2.50 bits per heavy atom. The molecular formula is C14H26N2O3S. The SMILES string of the molecule is CCNC(=O)CN(CC)S(=O)(=O)C[C@H]1C[C@H]2CC[C@H]1C2. The molecule has 116 valence electrons. The molecule has 3 atom stereocenters. The molecule has 2 saturated carbocycles. The summed E-state index contributed by atoms with van der Waals surface area (Å²) >= 11 is 0. The minimum absolute atomic E-state index is 0.0481. The first-order valence-electron chi connectivity index (χ1n) is 7.70. The van der Waals surface area contributed by atoms with Crippen molar-refractivity contribution in [2.75, 3.05) is 25.4 Å². The topological polar surface area (TPSA) is 66.5 Å². The highest BCUT2D eigenvalue weighted by atomic mass is 32.2. The molecule has 2 rings (SSSR count). The lowest BCUT2D eigenvalue weighted by Gasteiger charge is -2.26. The summed E-state index contributed by atoms with van der Waals surface area (Å²) in [5.41, 5.74) is 0. The minimum Gasteiger partial charge on any atom is -0.355 e. The molecule has 6 heteroatoms. The number of nitrogens with zero attached hydrogens (tertiary/aromatic N) is 1. The predicted molar refractivity (Wildman–Crippen MR) is 78.7 cm³/mol. The van der Waals surface area contributed by atoms with Crippen molar-refractivity contribution in [2.45, 2.75) is 39.5 Å². The molecular weight excluding hydrogens is 276 g/mol. The summed E-state index contributed by atoms with van der Waals surface area (Å²) in [6.07, 6.45) is 4.73. The zero-order valence-corrected chi connectivity index (χ0v) is 13.3. The number of amides is 1. The van der Waals surface area contributed by atoms with Gasteiger partial charge in [-0.3, -0.25) is 4.79 Å². The monoisotopic (exact) mass is 302 g/mol. The van der Waals surface area contributed by atoms with E-state index in [4.69, 9.17) is 0 Å². The van der Waals surface area contributed by atoms with Crippen molar-refractivity contribution in [3.8, 4) is 0 Å². The molecule has 0 aromatic heterocycles. The fourth-order valence-corrected chi connectivity index (χ4v) is 5.64. The van der Waals surface area contributed by atoms with E-state index in [1.165, 1.54) is 23.6 Å². The predicted octanol–water partition coefficient (Wildman–Crippen LogP) is 1.21. The maximum absolute atomic E-state index is 12.5. The summed E-state index contributed by atoms with van der Waals surface area (Å²) in [6, 6.07) is 0. The second kappa shape index (κ2) is 6.43. The van der Waals surface area contributed by atoms with Gasteiger partial charge in [-0.15, -0.1) is 0 Å². The number of hydrogen-bond acceptors (Lipinski definition) is 3. The summed E-state index contributed by atoms with van der Waals surface area (Å²) in [7, 11) is -3.32. The third-order valence-electron chi connectivity index (χ3n) is 4.75. The van der Waals surface area contributed by atoms with Gasteiger partial charge in [-0.2, -0.15) is 4.31 Å². The van der Waals surface area contributed by atoms with E-state index in [1.54, 1.807) is 6.92 Å². The van der Waals surface area contributed by atoms with Gasteiger partial charge in [-0.1, -0.05) is 13.3 Å². The van der Waals surface area contributed by atoms with Crippen LogP contribution in [0, 0.1) is 17.8 Å². The van der Waals surface area contributed by atoms with E-state index in [2.05, 4.69) is 5.32 Å². The number of likely N-dealkylation sites (N-methyl/N-ethyl adjacent to an activating group) is 2. The largest absolute Gasteiger partial charge is 0.355 e. The van der Waals surface area contributed by atoms with Gasteiger partial charge in [0.1, 0.15) is 0 Å². The lowest BCUT2D eigenvalue weighted by Crippen LogP contribution is -2.42. The highest BCUT2D eigenvalue weighted by Crippen LogP contribution is 2.48. The number of rotatable bonds is 7. The van der Waals surface area contributed by atoms with E-state index < -0.39 is 10.0 Å². The Kier molecular flexibility index (Phi) is 5.07. The molecule has 2 aliphatic rings. The van der Waals surface area contributed by atoms with Crippen LogP contribution in [0.15, 0.2) is 0 Å². The number of carbonyl (C=O) groups excluding carboxylic acids is 1. The van der Waals surface area contributed by atoms with Crippen LogP contribution in [0.1, 0.15) is 39.5 Å². The Balaban J connectivity index is 1.95. The van der Waals surface area contributed by atoms with Crippen LogP contribution in [0.25, 0.3) is 0 Å². The normalized spacial score (nSPS) is 29.1. The van der Waals surface area contributed by atoms with Gasteiger partial charge < -0.3 is 5.32 Å². The average Bonchev–Trinajstić information content (AvgIpc) is 2.97. The molecule has 5 nitrogen and oxygen atoms in total. The molecule has 0 saturated heterocycles. The van der Waals surface area contributed by atoms with Crippen molar-refractivity contribution < 1.29 is 13.2 Å². The second-order valence-electron chi connectivity index (χ2n) is 6.09. The number of fused-ring (bicyclic) bond motifs is 2. The highest BCUT2D eigenvalue weighted by Gasteiger charge is 2.42. The molecule has 2 aliphatic carbocycles. The first-order chi connectivity index (χ1) is 9.46. The third kappa shape index (κ3) is 3.52. The van der Waals surface area contributed by atoms with Crippen molar-refractivity contribution in [1.29, 1.82) is 0 Å². The van der Waals surface area contributed by atoms with Gasteiger partial charge in [-0.25, -0.2) is 8.42 Å². The van der Waals surface area contributed by atoms with Crippen LogP contribution in [0.3, 0.4) is 0 Å². The van der Waals surface area contributed by atoms with Crippen LogP contribution in [-0.2, 0) is 14.8 Å². The highest BCUT2D eigenvalue weighted by molar-refractivity contribution is 7.89. The van der Waals surface area contributed by atoms with Gasteiger partial charge in [0.05, 0.1) is 12.3 Å². The molecule has 0 aromatic carbocycles. The Labute approximate surface area is 122 Å². The summed E-state index contributed by atoms with van der Waals surface area (Å²) in [6.45, 7) is 4.46. The Hall–Kier alpha value is -0.620. The molecule has 2 bridgehead atoms. The Morgan fingerprint density at radius 2 is 2.00 bits per heavy atom. The number of sulfonamides is 1. The third-order valence-corrected chi connectivity index (χ3v) is 6.77. The summed E-state index contributed by atoms with van der Waals surface area (Å²) < 4.78 is 26.3. The van der Waals surface area contributed by atoms with Gasteiger partial charge in [-0.05, 0) is 43.9 Å². The van der Waals surface area contributed by atoms with E-state index >= 15 is 0 Å². The van der Waals surface area contributed by atoms with E-state index in [1.807, 2.05) is 6.92 Å². The Morgan fingerprint density at radius 1 is 1.25 bits per heavy atom. The fraction of sp³-hybridized carbons (Fsp3) is 0.929. The number of nitrogens with one attached hydrogen (secondary N) is 1. The van der Waals surface area contributed by atoms with E-state index in [9.17, 15) is 13.2 Å². The van der Waals surface area contributed by atoms with Crippen molar-refractivity contribution in [3.63, 3.8) is 0 Å². The van der Waals surface area contributed by atoms with Crippen LogP contribution in [0.2, 0.25) is 0 Å². The van der Waals surface area contributed by atoms with Gasteiger partial charge in [0.15, 0.2) is 0 Å². The summed E-state index contributed by atoms with van der Waals surface area (Å²) in [5, 5.41) is 2.66. The average molecular weight is 302 g/mol. The number of carbonyl (C=O) groups is 1. The number of hydrogen-bond donors (Lipinski definition) is 1. The lowest BCUT2D eigenvalue weighted by molar-refractivity contribution is -0.121. The van der Waals surface area contributed by atoms with Gasteiger partial charge >= 0.3 is 0 Å². The maximum Gasteiger partial charge on any atom is 0.235 e. The van der Waals surface area contributed by atoms with Crippen LogP contribution >= 0.6 is 0 Å². The molecule has 1 N–H and O–H groups in total. The van der Waals surface area contributed by atoms with Crippen LogP contribution in [0.5, 0.6) is 0 Å². The van der Waals surface area contributed by atoms with Crippen molar-refractivity contribution in [2.24, 2.45) is 17.8 Å². The molecule has 20 heavy (non-hydrogen) atoms. The standard InChI is InChI=1S/C14H26N2O3S/c1-3-15-14(17)9-16(4-2)20(18,19)10-13-8-11-5-6-12(13)7-11/h11-13H,3-10H2,1-2H3,(H,15,17)/t11-,12-,13+/m0/s1. The lowest BCUT2D eigenvalue weighted by atomic mass is 9.90. The molecule has 0 spiro atoms. The zero-order valence-electron chi connectivity index (χ0n) is 12.5. The Bertz CT molecular complexity index is 449. The molecule has 0 radical (unpaired) electrons. The second-order valence-corrected chi connectivity index (χ2v) is 8.11. The zero-order chi connectivity index (χ0) is 14.8. The molecule has 0 heterocycles. The first-order valence-corrected chi connectivity index (χ1v) is 9.31. The van der Waals surface area contributed by atoms with Gasteiger partial charge in [0.2, 0.25) is 15.9 Å². The van der Waals surface area contributed by atoms with Gasteiger partial charge in [0.25, 0.3) is 0 Å². The molecule has 2 fully saturated rings. The van der Waals surface area contributed by atoms with E-state index in [0.717, 1.165) is 12.3 Å². The smallest absolute Gasteiger partial charge is 0.235 e. The van der Waals surface area contributed by atoms with Crippen molar-refractivity contribution in [3.05, 3.63) is 0 Å². The summed E-state index contributed by atoms with van der Waals surface area (Å²) in [5.74, 6) is 1.66. The van der Waals surface area contributed by atoms with Crippen molar-refractivity contribution in [1.82, 2.24) is 9.62 Å². The van der Waals surface area contributed by atoms with Gasteiger partial charge in [0, 0.05) is 13.1 Å². The van der Waals surface area contributed by atoms with Crippen LogP contribution in [0.4, 0.5) is 0 Å². The van der Waals surface area contributed by atoms with E-state index in [-0.39, 0.29) is 18.2 Å². The molecule has 0 aliphatic heterocycles. The molecule has 1 amide bonds. The quantitative estimate of drug-likeness (QED) is 0.769.